The van der Waals surface area contributed by atoms with E-state index in [4.69, 9.17) is 11.6 Å². The zero-order valence-corrected chi connectivity index (χ0v) is 19.6. The van der Waals surface area contributed by atoms with E-state index in [0.29, 0.717) is 18.1 Å². The summed E-state index contributed by atoms with van der Waals surface area (Å²) >= 11 is 6.15. The van der Waals surface area contributed by atoms with Gasteiger partial charge in [0.2, 0.25) is 0 Å². The third kappa shape index (κ3) is 5.47. The van der Waals surface area contributed by atoms with Crippen molar-refractivity contribution < 1.29 is 15.0 Å². The van der Waals surface area contributed by atoms with Crippen LogP contribution in [0.3, 0.4) is 0 Å². The van der Waals surface area contributed by atoms with E-state index in [0.717, 1.165) is 40.7 Å². The molecular weight excluding hydrogens is 424 g/mol. The lowest BCUT2D eigenvalue weighted by atomic mass is 9.89. The van der Waals surface area contributed by atoms with Crippen LogP contribution in [0, 0.1) is 0 Å². The van der Waals surface area contributed by atoms with Gasteiger partial charge in [-0.2, -0.15) is 0 Å². The van der Waals surface area contributed by atoms with Crippen LogP contribution in [0.15, 0.2) is 59.8 Å². The number of hydrogen-bond acceptors (Lipinski definition) is 4. The second-order valence-corrected chi connectivity index (χ2v) is 8.83. The number of hydrogen-bond donors (Lipinski definition) is 2. The molecule has 0 radical (unpaired) electrons. The summed E-state index contributed by atoms with van der Waals surface area (Å²) in [6, 6.07) is 9.14. The van der Waals surface area contributed by atoms with Crippen molar-refractivity contribution >= 4 is 17.5 Å². The van der Waals surface area contributed by atoms with Gasteiger partial charge in [0.1, 0.15) is 11.8 Å². The van der Waals surface area contributed by atoms with Crippen molar-refractivity contribution in [3.63, 3.8) is 0 Å². The first kappa shape index (κ1) is 24.2. The maximum absolute atomic E-state index is 12.9. The van der Waals surface area contributed by atoms with E-state index in [1.54, 1.807) is 23.2 Å². The first-order chi connectivity index (χ1) is 15.3. The molecule has 1 saturated heterocycles. The second kappa shape index (κ2) is 10.9. The molecule has 6 heteroatoms. The Kier molecular flexibility index (Phi) is 8.24. The number of pyridine rings is 1. The molecule has 1 aliphatic heterocycles. The van der Waals surface area contributed by atoms with E-state index in [-0.39, 0.29) is 24.1 Å². The maximum atomic E-state index is 12.9. The number of benzene rings is 1. The van der Waals surface area contributed by atoms with Gasteiger partial charge < -0.3 is 15.1 Å². The number of amides is 1. The largest absolute Gasteiger partial charge is 0.392 e. The van der Waals surface area contributed by atoms with Crippen LogP contribution < -0.4 is 0 Å². The van der Waals surface area contributed by atoms with Gasteiger partial charge in [0.15, 0.2) is 0 Å². The molecule has 32 heavy (non-hydrogen) atoms. The van der Waals surface area contributed by atoms with Crippen molar-refractivity contribution in [2.75, 3.05) is 13.1 Å². The van der Waals surface area contributed by atoms with E-state index >= 15 is 0 Å². The molecule has 0 spiro atoms. The van der Waals surface area contributed by atoms with Crippen molar-refractivity contribution in [3.05, 3.63) is 87.2 Å². The highest BCUT2D eigenvalue weighted by atomic mass is 35.5. The van der Waals surface area contributed by atoms with Crippen LogP contribution in [0.2, 0.25) is 5.02 Å². The molecule has 2 atom stereocenters. The third-order valence-corrected chi connectivity index (χ3v) is 6.05. The van der Waals surface area contributed by atoms with Crippen LogP contribution >= 0.6 is 11.6 Å². The normalized spacial score (nSPS) is 17.4. The summed E-state index contributed by atoms with van der Waals surface area (Å²) in [6.07, 6.45) is 6.45. The average Bonchev–Trinajstić information content (AvgIpc) is 3.27. The van der Waals surface area contributed by atoms with Crippen LogP contribution in [0.5, 0.6) is 0 Å². The van der Waals surface area contributed by atoms with Crippen molar-refractivity contribution in [3.8, 4) is 0 Å². The van der Waals surface area contributed by atoms with E-state index in [9.17, 15) is 15.0 Å². The van der Waals surface area contributed by atoms with Gasteiger partial charge in [-0.15, -0.1) is 0 Å². The molecule has 0 aliphatic carbocycles. The number of carbonyl (C=O) groups excluding carboxylic acids is 1. The summed E-state index contributed by atoms with van der Waals surface area (Å²) in [7, 11) is 0. The number of likely N-dealkylation sites (tertiary alicyclic amines) is 1. The number of aromatic nitrogens is 1. The monoisotopic (exact) mass is 454 g/mol. The summed E-state index contributed by atoms with van der Waals surface area (Å²) in [6.45, 7) is 7.07. The van der Waals surface area contributed by atoms with Gasteiger partial charge in [-0.3, -0.25) is 4.79 Å². The SMILES string of the molecule is CC/C=C(\C=C(C)C)C(O)c1ccc(C2CCN(C(=O)c3ncccc3Cl)C2)c(CO)c1. The number of halogens is 1. The molecule has 170 valence electrons. The zero-order chi connectivity index (χ0) is 23.3. The quantitative estimate of drug-likeness (QED) is 0.564. The molecule has 2 N–H and O–H groups in total. The lowest BCUT2D eigenvalue weighted by Crippen LogP contribution is -2.29. The lowest BCUT2D eigenvalue weighted by Gasteiger charge is -2.20. The van der Waals surface area contributed by atoms with Gasteiger partial charge >= 0.3 is 0 Å². The van der Waals surface area contributed by atoms with E-state index in [2.05, 4.69) is 4.98 Å². The Hall–Kier alpha value is -2.47. The topological polar surface area (TPSA) is 73.7 Å². The van der Waals surface area contributed by atoms with Crippen LogP contribution in [-0.2, 0) is 6.61 Å². The second-order valence-electron chi connectivity index (χ2n) is 8.42. The first-order valence-corrected chi connectivity index (χ1v) is 11.4. The molecule has 5 nitrogen and oxygen atoms in total. The van der Waals surface area contributed by atoms with Crippen molar-refractivity contribution in [2.24, 2.45) is 0 Å². The van der Waals surface area contributed by atoms with Crippen LogP contribution in [0.1, 0.15) is 72.8 Å². The molecule has 1 fully saturated rings. The predicted molar refractivity (Wildman–Crippen MR) is 128 cm³/mol. The van der Waals surface area contributed by atoms with Crippen LogP contribution in [0.4, 0.5) is 0 Å². The van der Waals surface area contributed by atoms with Crippen LogP contribution in [-0.4, -0.2) is 39.1 Å². The summed E-state index contributed by atoms with van der Waals surface area (Å²) in [5.41, 5.74) is 4.78. The average molecular weight is 455 g/mol. The van der Waals surface area contributed by atoms with Gasteiger partial charge in [0, 0.05) is 25.2 Å². The Morgan fingerprint density at radius 2 is 2.12 bits per heavy atom. The molecule has 1 amide bonds. The van der Waals surface area contributed by atoms with Gasteiger partial charge in [-0.05, 0) is 61.1 Å². The minimum atomic E-state index is -0.753. The number of nitrogens with zero attached hydrogens (tertiary/aromatic N) is 2. The molecule has 2 unspecified atom stereocenters. The van der Waals surface area contributed by atoms with E-state index in [1.807, 2.05) is 51.1 Å². The molecule has 1 aromatic heterocycles. The highest BCUT2D eigenvalue weighted by Crippen LogP contribution is 2.34. The van der Waals surface area contributed by atoms with E-state index in [1.165, 1.54) is 0 Å². The highest BCUT2D eigenvalue weighted by molar-refractivity contribution is 6.33. The molecular formula is C26H31ClN2O3. The fourth-order valence-corrected chi connectivity index (χ4v) is 4.44. The fraction of sp³-hybridized carbons (Fsp3) is 0.385. The Morgan fingerprint density at radius 1 is 1.34 bits per heavy atom. The van der Waals surface area contributed by atoms with Crippen molar-refractivity contribution in [2.45, 2.75) is 52.2 Å². The van der Waals surface area contributed by atoms with Gasteiger partial charge in [0.05, 0.1) is 11.6 Å². The fourth-order valence-electron chi connectivity index (χ4n) is 4.23. The maximum Gasteiger partial charge on any atom is 0.274 e. The number of carbonyl (C=O) groups is 1. The molecule has 2 aromatic rings. The molecule has 1 aromatic carbocycles. The zero-order valence-electron chi connectivity index (χ0n) is 18.9. The Morgan fingerprint density at radius 3 is 2.78 bits per heavy atom. The van der Waals surface area contributed by atoms with Crippen molar-refractivity contribution in [1.82, 2.24) is 9.88 Å². The third-order valence-electron chi connectivity index (χ3n) is 5.74. The Bertz CT molecular complexity index is 1030. The Balaban J connectivity index is 1.81. The van der Waals surface area contributed by atoms with Crippen LogP contribution in [0.25, 0.3) is 0 Å². The number of aliphatic hydroxyl groups excluding tert-OH is 2. The van der Waals surface area contributed by atoms with Gasteiger partial charge in [0.25, 0.3) is 5.91 Å². The predicted octanol–water partition coefficient (Wildman–Crippen LogP) is 5.19. The van der Waals surface area contributed by atoms with Gasteiger partial charge in [-0.25, -0.2) is 4.98 Å². The molecule has 0 saturated carbocycles. The summed E-state index contributed by atoms with van der Waals surface area (Å²) < 4.78 is 0. The summed E-state index contributed by atoms with van der Waals surface area (Å²) in [5, 5.41) is 21.3. The summed E-state index contributed by atoms with van der Waals surface area (Å²) in [5.74, 6) is -0.0648. The molecule has 2 heterocycles. The number of allylic oxidation sites excluding steroid dienone is 2. The molecule has 3 rings (SSSR count). The number of aliphatic hydroxyl groups is 2. The Labute approximate surface area is 195 Å². The molecule has 0 bridgehead atoms. The highest BCUT2D eigenvalue weighted by Gasteiger charge is 2.31. The first-order valence-electron chi connectivity index (χ1n) is 11.0. The number of rotatable bonds is 7. The standard InChI is InChI=1S/C26H31ClN2O3/c1-4-6-18(13-17(2)3)25(31)19-8-9-22(21(14-19)16-30)20-10-12-29(15-20)26(32)24-23(27)7-5-11-28-24/h5-9,11,13-14,20,25,30-31H,4,10,12,15-16H2,1-3H3/b18-6+. The lowest BCUT2D eigenvalue weighted by molar-refractivity contribution is 0.0785. The van der Waals surface area contributed by atoms with E-state index < -0.39 is 6.10 Å². The molecule has 1 aliphatic rings. The smallest absolute Gasteiger partial charge is 0.274 e. The van der Waals surface area contributed by atoms with Crippen molar-refractivity contribution in [1.29, 1.82) is 0 Å². The minimum absolute atomic E-state index is 0.109. The van der Waals surface area contributed by atoms with Gasteiger partial charge in [-0.1, -0.05) is 54.4 Å². The summed E-state index contributed by atoms with van der Waals surface area (Å²) in [4.78, 5) is 18.8. The minimum Gasteiger partial charge on any atom is -0.392 e.